The van der Waals surface area contributed by atoms with Crippen molar-refractivity contribution in [2.45, 2.75) is 31.7 Å². The molecule has 1 fully saturated rings. The van der Waals surface area contributed by atoms with E-state index in [-0.39, 0.29) is 0 Å². The van der Waals surface area contributed by atoms with Crippen molar-refractivity contribution in [1.29, 1.82) is 0 Å². The Bertz CT molecular complexity index is 588. The van der Waals surface area contributed by atoms with E-state index in [1.165, 1.54) is 36.0 Å². The Labute approximate surface area is 119 Å². The normalized spacial score (nSPS) is 15.3. The van der Waals surface area contributed by atoms with Gasteiger partial charge in [-0.2, -0.15) is 0 Å². The molecule has 0 aliphatic heterocycles. The molecule has 1 aliphatic rings. The maximum absolute atomic E-state index is 6.14. The largest absolute Gasteiger partial charge is 0.326 e. The lowest BCUT2D eigenvalue weighted by atomic mass is 9.77. The second-order valence-corrected chi connectivity index (χ2v) is 5.63. The molecule has 0 radical (unpaired) electrons. The highest BCUT2D eigenvalue weighted by atomic mass is 35.5. The number of hydrogen-bond donors (Lipinski definition) is 1. The molecule has 0 atom stereocenters. The molecule has 0 spiro atoms. The summed E-state index contributed by atoms with van der Waals surface area (Å²) in [6, 6.07) is 14.9. The van der Waals surface area contributed by atoms with Crippen LogP contribution in [0.3, 0.4) is 0 Å². The van der Waals surface area contributed by atoms with Gasteiger partial charge in [-0.25, -0.2) is 0 Å². The van der Waals surface area contributed by atoms with Crippen LogP contribution >= 0.6 is 11.6 Å². The SMILES string of the molecule is NCc1cc(-c2ccccc2C2CCC2)ccc1Cl. The third kappa shape index (κ3) is 2.41. The third-order valence-electron chi connectivity index (χ3n) is 4.08. The van der Waals surface area contributed by atoms with E-state index >= 15 is 0 Å². The van der Waals surface area contributed by atoms with E-state index in [1.54, 1.807) is 0 Å². The first-order chi connectivity index (χ1) is 9.29. The predicted octanol–water partition coefficient (Wildman–Crippen LogP) is 4.73. The van der Waals surface area contributed by atoms with Crippen LogP contribution in [0.2, 0.25) is 5.02 Å². The maximum atomic E-state index is 6.14. The molecule has 0 saturated heterocycles. The van der Waals surface area contributed by atoms with E-state index < -0.39 is 0 Å². The highest BCUT2D eigenvalue weighted by Crippen LogP contribution is 2.41. The topological polar surface area (TPSA) is 26.0 Å². The van der Waals surface area contributed by atoms with Gasteiger partial charge in [0.15, 0.2) is 0 Å². The first-order valence-electron chi connectivity index (χ1n) is 6.87. The minimum absolute atomic E-state index is 0.484. The average Bonchev–Trinajstić information content (AvgIpc) is 2.38. The standard InChI is InChI=1S/C17H18ClN/c18-17-9-8-13(10-14(17)11-19)16-7-2-1-6-15(16)12-4-3-5-12/h1-2,6-10,12H,3-5,11,19H2. The molecule has 3 rings (SSSR count). The molecule has 0 aromatic heterocycles. The Kier molecular flexibility index (Phi) is 3.58. The Morgan fingerprint density at radius 1 is 1.11 bits per heavy atom. The molecule has 2 N–H and O–H groups in total. The van der Waals surface area contributed by atoms with Gasteiger partial charge in [0.2, 0.25) is 0 Å². The quantitative estimate of drug-likeness (QED) is 0.858. The maximum Gasteiger partial charge on any atom is 0.0451 e. The van der Waals surface area contributed by atoms with Gasteiger partial charge in [0, 0.05) is 11.6 Å². The highest BCUT2D eigenvalue weighted by molar-refractivity contribution is 6.31. The van der Waals surface area contributed by atoms with Crippen molar-refractivity contribution in [3.8, 4) is 11.1 Å². The summed E-state index contributed by atoms with van der Waals surface area (Å²) in [5.74, 6) is 0.730. The van der Waals surface area contributed by atoms with Crippen molar-refractivity contribution in [2.75, 3.05) is 0 Å². The summed E-state index contributed by atoms with van der Waals surface area (Å²) in [6.45, 7) is 0.484. The summed E-state index contributed by atoms with van der Waals surface area (Å²) in [6.07, 6.45) is 3.98. The summed E-state index contributed by atoms with van der Waals surface area (Å²) in [5.41, 5.74) is 10.8. The molecule has 1 aliphatic carbocycles. The number of hydrogen-bond acceptors (Lipinski definition) is 1. The summed E-state index contributed by atoms with van der Waals surface area (Å²) >= 11 is 6.14. The van der Waals surface area contributed by atoms with Gasteiger partial charge in [-0.05, 0) is 53.1 Å². The van der Waals surface area contributed by atoms with E-state index in [0.29, 0.717) is 6.54 Å². The summed E-state index contributed by atoms with van der Waals surface area (Å²) in [7, 11) is 0. The molecule has 0 unspecified atom stereocenters. The lowest BCUT2D eigenvalue weighted by Crippen LogP contribution is -2.10. The summed E-state index contributed by atoms with van der Waals surface area (Å²) < 4.78 is 0. The van der Waals surface area contributed by atoms with E-state index in [2.05, 4.69) is 36.4 Å². The van der Waals surface area contributed by atoms with Crippen molar-refractivity contribution in [3.63, 3.8) is 0 Å². The zero-order valence-corrected chi connectivity index (χ0v) is 11.7. The molecule has 1 saturated carbocycles. The van der Waals surface area contributed by atoms with E-state index in [4.69, 9.17) is 17.3 Å². The van der Waals surface area contributed by atoms with Crippen LogP contribution in [0.5, 0.6) is 0 Å². The Morgan fingerprint density at radius 3 is 2.58 bits per heavy atom. The summed E-state index contributed by atoms with van der Waals surface area (Å²) in [5, 5.41) is 0.757. The van der Waals surface area contributed by atoms with Crippen molar-refractivity contribution in [2.24, 2.45) is 5.73 Å². The monoisotopic (exact) mass is 271 g/mol. The van der Waals surface area contributed by atoms with Gasteiger partial charge in [-0.3, -0.25) is 0 Å². The zero-order chi connectivity index (χ0) is 13.2. The van der Waals surface area contributed by atoms with Crippen molar-refractivity contribution in [1.82, 2.24) is 0 Å². The second kappa shape index (κ2) is 5.36. The number of rotatable bonds is 3. The molecular formula is C17H18ClN. The van der Waals surface area contributed by atoms with Crippen LogP contribution in [-0.2, 0) is 6.54 Å². The first kappa shape index (κ1) is 12.7. The van der Waals surface area contributed by atoms with Crippen LogP contribution < -0.4 is 5.73 Å². The van der Waals surface area contributed by atoms with Gasteiger partial charge >= 0.3 is 0 Å². The fourth-order valence-corrected chi connectivity index (χ4v) is 2.93. The Morgan fingerprint density at radius 2 is 1.89 bits per heavy atom. The van der Waals surface area contributed by atoms with Crippen LogP contribution in [-0.4, -0.2) is 0 Å². The van der Waals surface area contributed by atoms with Crippen LogP contribution in [0.15, 0.2) is 42.5 Å². The zero-order valence-electron chi connectivity index (χ0n) is 10.9. The molecule has 0 bridgehead atoms. The van der Waals surface area contributed by atoms with E-state index in [0.717, 1.165) is 16.5 Å². The number of benzene rings is 2. The van der Waals surface area contributed by atoms with Crippen LogP contribution in [0.1, 0.15) is 36.3 Å². The number of nitrogens with two attached hydrogens (primary N) is 1. The van der Waals surface area contributed by atoms with Crippen molar-refractivity contribution < 1.29 is 0 Å². The molecular weight excluding hydrogens is 254 g/mol. The van der Waals surface area contributed by atoms with Crippen molar-refractivity contribution in [3.05, 3.63) is 58.6 Å². The third-order valence-corrected chi connectivity index (χ3v) is 4.45. The minimum atomic E-state index is 0.484. The molecule has 0 heterocycles. The minimum Gasteiger partial charge on any atom is -0.326 e. The fraction of sp³-hybridized carbons (Fsp3) is 0.294. The molecule has 19 heavy (non-hydrogen) atoms. The Hall–Kier alpha value is -1.31. The van der Waals surface area contributed by atoms with Crippen LogP contribution in [0.4, 0.5) is 0 Å². The van der Waals surface area contributed by atoms with Crippen LogP contribution in [0, 0.1) is 0 Å². The fourth-order valence-electron chi connectivity index (χ4n) is 2.73. The van der Waals surface area contributed by atoms with Gasteiger partial charge in [0.05, 0.1) is 0 Å². The van der Waals surface area contributed by atoms with Crippen molar-refractivity contribution >= 4 is 11.6 Å². The van der Waals surface area contributed by atoms with Gasteiger partial charge in [0.1, 0.15) is 0 Å². The Balaban J connectivity index is 2.06. The molecule has 1 nitrogen and oxygen atoms in total. The van der Waals surface area contributed by atoms with E-state index in [1.807, 2.05) is 6.07 Å². The smallest absolute Gasteiger partial charge is 0.0451 e. The molecule has 2 aromatic carbocycles. The first-order valence-corrected chi connectivity index (χ1v) is 7.25. The average molecular weight is 272 g/mol. The van der Waals surface area contributed by atoms with Crippen LogP contribution in [0.25, 0.3) is 11.1 Å². The van der Waals surface area contributed by atoms with E-state index in [9.17, 15) is 0 Å². The van der Waals surface area contributed by atoms with Gasteiger partial charge in [0.25, 0.3) is 0 Å². The lowest BCUT2D eigenvalue weighted by molar-refractivity contribution is 0.420. The highest BCUT2D eigenvalue weighted by Gasteiger charge is 2.22. The molecule has 2 aromatic rings. The number of halogens is 1. The predicted molar refractivity (Wildman–Crippen MR) is 81.4 cm³/mol. The lowest BCUT2D eigenvalue weighted by Gasteiger charge is -2.28. The second-order valence-electron chi connectivity index (χ2n) is 5.23. The van der Waals surface area contributed by atoms with Gasteiger partial charge in [-0.1, -0.05) is 48.4 Å². The summed E-state index contributed by atoms with van der Waals surface area (Å²) in [4.78, 5) is 0. The van der Waals surface area contributed by atoms with Gasteiger partial charge < -0.3 is 5.73 Å². The molecule has 98 valence electrons. The van der Waals surface area contributed by atoms with Gasteiger partial charge in [-0.15, -0.1) is 0 Å². The molecule has 2 heteroatoms. The molecule has 0 amide bonds.